The van der Waals surface area contributed by atoms with Crippen molar-refractivity contribution in [1.82, 2.24) is 14.5 Å². The third-order valence-corrected chi connectivity index (χ3v) is 4.32. The lowest BCUT2D eigenvalue weighted by atomic mass is 10.2. The Labute approximate surface area is 130 Å². The van der Waals surface area contributed by atoms with E-state index in [0.717, 1.165) is 10.9 Å². The Morgan fingerprint density at radius 2 is 2.18 bits per heavy atom. The second kappa shape index (κ2) is 5.84. The highest BCUT2D eigenvalue weighted by atomic mass is 32.2. The minimum absolute atomic E-state index is 0.127. The number of ether oxygens (including phenoxy) is 1. The lowest BCUT2D eigenvalue weighted by Gasteiger charge is -2.06. The van der Waals surface area contributed by atoms with E-state index < -0.39 is 0 Å². The molecule has 1 aromatic carbocycles. The summed E-state index contributed by atoms with van der Waals surface area (Å²) in [5, 5.41) is 1.39. The van der Waals surface area contributed by atoms with Gasteiger partial charge in [-0.15, -0.1) is 0 Å². The number of aromatic amines is 1. The van der Waals surface area contributed by atoms with Crippen molar-refractivity contribution in [3.05, 3.63) is 34.6 Å². The Morgan fingerprint density at radius 3 is 2.95 bits per heavy atom. The Hall–Kier alpha value is -2.28. The number of esters is 1. The lowest BCUT2D eigenvalue weighted by molar-refractivity contribution is -0.139. The summed E-state index contributed by atoms with van der Waals surface area (Å²) in [6.07, 6.45) is 0. The lowest BCUT2D eigenvalue weighted by Crippen LogP contribution is -2.20. The third kappa shape index (κ3) is 2.48. The first-order chi connectivity index (χ1) is 10.6. The number of carbonyl (C=O) groups is 1. The van der Waals surface area contributed by atoms with Crippen molar-refractivity contribution < 1.29 is 9.53 Å². The van der Waals surface area contributed by atoms with E-state index in [1.165, 1.54) is 16.3 Å². The van der Waals surface area contributed by atoms with Crippen molar-refractivity contribution in [3.8, 4) is 0 Å². The predicted octanol–water partition coefficient (Wildman–Crippen LogP) is 2.07. The van der Waals surface area contributed by atoms with Crippen molar-refractivity contribution >= 4 is 39.7 Å². The van der Waals surface area contributed by atoms with Gasteiger partial charge in [-0.25, -0.2) is 4.98 Å². The van der Waals surface area contributed by atoms with Gasteiger partial charge in [-0.1, -0.05) is 30.0 Å². The van der Waals surface area contributed by atoms with Gasteiger partial charge in [-0.05, 0) is 13.0 Å². The van der Waals surface area contributed by atoms with Crippen LogP contribution in [-0.2, 0) is 16.6 Å². The molecule has 0 radical (unpaired) electrons. The van der Waals surface area contributed by atoms with E-state index in [0.29, 0.717) is 22.8 Å². The van der Waals surface area contributed by atoms with Crippen molar-refractivity contribution in [3.63, 3.8) is 0 Å². The largest absolute Gasteiger partial charge is 0.465 e. The summed E-state index contributed by atoms with van der Waals surface area (Å²) in [4.78, 5) is 31.6. The standard InChI is InChI=1S/C15H15N3O3S/c1-3-21-11(19)8-22-15-17-12-9-6-4-5-7-10(9)16-13(12)14(20)18(15)2/h4-7,16H,3,8H2,1-2H3. The van der Waals surface area contributed by atoms with Crippen molar-refractivity contribution in [2.45, 2.75) is 12.1 Å². The molecule has 0 amide bonds. The molecule has 0 saturated heterocycles. The summed E-state index contributed by atoms with van der Waals surface area (Å²) in [6, 6.07) is 7.63. The molecule has 22 heavy (non-hydrogen) atoms. The predicted molar refractivity (Wildman–Crippen MR) is 86.2 cm³/mol. The van der Waals surface area contributed by atoms with Crippen molar-refractivity contribution in [2.75, 3.05) is 12.4 Å². The molecule has 2 aromatic heterocycles. The molecular formula is C15H15N3O3S. The van der Waals surface area contributed by atoms with Gasteiger partial charge in [0.1, 0.15) is 11.0 Å². The quantitative estimate of drug-likeness (QED) is 0.453. The van der Waals surface area contributed by atoms with Gasteiger partial charge in [0.2, 0.25) is 0 Å². The van der Waals surface area contributed by atoms with Crippen LogP contribution in [0.25, 0.3) is 21.9 Å². The average Bonchev–Trinajstić information content (AvgIpc) is 2.89. The summed E-state index contributed by atoms with van der Waals surface area (Å²) < 4.78 is 6.34. The SMILES string of the molecule is CCOC(=O)CSc1nc2c([nH]c3ccccc32)c(=O)n1C. The normalized spacial score (nSPS) is 11.2. The molecule has 114 valence electrons. The fourth-order valence-electron chi connectivity index (χ4n) is 2.28. The monoisotopic (exact) mass is 317 g/mol. The molecule has 0 fully saturated rings. The Morgan fingerprint density at radius 1 is 1.41 bits per heavy atom. The molecule has 0 aliphatic carbocycles. The number of para-hydroxylation sites is 1. The third-order valence-electron chi connectivity index (χ3n) is 3.32. The van der Waals surface area contributed by atoms with E-state index in [4.69, 9.17) is 4.74 Å². The van der Waals surface area contributed by atoms with Gasteiger partial charge in [0.05, 0.1) is 12.4 Å². The Bertz CT molecular complexity index is 913. The molecule has 0 bridgehead atoms. The first-order valence-corrected chi connectivity index (χ1v) is 7.86. The van der Waals surface area contributed by atoms with Crippen LogP contribution in [0.3, 0.4) is 0 Å². The number of fused-ring (bicyclic) bond motifs is 3. The van der Waals surface area contributed by atoms with E-state index in [9.17, 15) is 9.59 Å². The molecule has 0 saturated carbocycles. The number of hydrogen-bond acceptors (Lipinski definition) is 5. The van der Waals surface area contributed by atoms with Crippen LogP contribution in [0.1, 0.15) is 6.92 Å². The maximum atomic E-state index is 12.5. The minimum atomic E-state index is -0.319. The maximum Gasteiger partial charge on any atom is 0.316 e. The van der Waals surface area contributed by atoms with E-state index in [1.54, 1.807) is 14.0 Å². The molecule has 6 nitrogen and oxygen atoms in total. The van der Waals surface area contributed by atoms with Crippen LogP contribution < -0.4 is 5.56 Å². The topological polar surface area (TPSA) is 77.0 Å². The van der Waals surface area contributed by atoms with Crippen LogP contribution in [-0.4, -0.2) is 32.9 Å². The number of benzene rings is 1. The maximum absolute atomic E-state index is 12.5. The first-order valence-electron chi connectivity index (χ1n) is 6.87. The number of aromatic nitrogens is 3. The highest BCUT2D eigenvalue weighted by molar-refractivity contribution is 7.99. The molecule has 0 aliphatic rings. The molecule has 0 atom stereocenters. The second-order valence-corrected chi connectivity index (χ2v) is 5.69. The average molecular weight is 317 g/mol. The van der Waals surface area contributed by atoms with Crippen LogP contribution in [0.15, 0.2) is 34.2 Å². The highest BCUT2D eigenvalue weighted by Gasteiger charge is 2.14. The van der Waals surface area contributed by atoms with Gasteiger partial charge in [0.25, 0.3) is 5.56 Å². The van der Waals surface area contributed by atoms with Gasteiger partial charge in [0.15, 0.2) is 5.16 Å². The van der Waals surface area contributed by atoms with Gasteiger partial charge in [-0.2, -0.15) is 0 Å². The zero-order valence-electron chi connectivity index (χ0n) is 12.3. The molecule has 0 spiro atoms. The molecule has 1 N–H and O–H groups in total. The van der Waals surface area contributed by atoms with Crippen LogP contribution >= 0.6 is 11.8 Å². The smallest absolute Gasteiger partial charge is 0.316 e. The van der Waals surface area contributed by atoms with Crippen molar-refractivity contribution in [1.29, 1.82) is 0 Å². The van der Waals surface area contributed by atoms with Crippen LogP contribution in [0.5, 0.6) is 0 Å². The van der Waals surface area contributed by atoms with Gasteiger partial charge >= 0.3 is 5.97 Å². The van der Waals surface area contributed by atoms with Crippen LogP contribution in [0.4, 0.5) is 0 Å². The molecule has 7 heteroatoms. The molecule has 0 unspecified atom stereocenters. The molecule has 2 heterocycles. The second-order valence-electron chi connectivity index (χ2n) is 4.75. The summed E-state index contributed by atoms with van der Waals surface area (Å²) in [5.74, 6) is -0.192. The zero-order chi connectivity index (χ0) is 15.7. The van der Waals surface area contributed by atoms with Crippen LogP contribution in [0.2, 0.25) is 0 Å². The Kier molecular flexibility index (Phi) is 3.89. The van der Waals surface area contributed by atoms with E-state index in [1.807, 2.05) is 24.3 Å². The fourth-order valence-corrected chi connectivity index (χ4v) is 3.04. The summed E-state index contributed by atoms with van der Waals surface area (Å²) in [7, 11) is 1.65. The highest BCUT2D eigenvalue weighted by Crippen LogP contribution is 2.24. The van der Waals surface area contributed by atoms with E-state index in [-0.39, 0.29) is 17.3 Å². The van der Waals surface area contributed by atoms with Gasteiger partial charge < -0.3 is 9.72 Å². The zero-order valence-corrected chi connectivity index (χ0v) is 13.1. The number of carbonyl (C=O) groups excluding carboxylic acids is 1. The number of H-pyrrole nitrogens is 1. The van der Waals surface area contributed by atoms with E-state index >= 15 is 0 Å². The minimum Gasteiger partial charge on any atom is -0.465 e. The molecule has 3 aromatic rings. The van der Waals surface area contributed by atoms with E-state index in [2.05, 4.69) is 9.97 Å². The number of rotatable bonds is 4. The number of nitrogens with one attached hydrogen (secondary N) is 1. The first kappa shape index (κ1) is 14.6. The van der Waals surface area contributed by atoms with Crippen molar-refractivity contribution in [2.24, 2.45) is 7.05 Å². The van der Waals surface area contributed by atoms with Gasteiger partial charge in [0, 0.05) is 18.0 Å². The number of hydrogen-bond donors (Lipinski definition) is 1. The number of thioether (sulfide) groups is 1. The molecule has 0 aliphatic heterocycles. The molecular weight excluding hydrogens is 302 g/mol. The number of nitrogens with zero attached hydrogens (tertiary/aromatic N) is 2. The van der Waals surface area contributed by atoms with Gasteiger partial charge in [-0.3, -0.25) is 14.2 Å². The molecule has 3 rings (SSSR count). The van der Waals surface area contributed by atoms with Crippen LogP contribution in [0, 0.1) is 0 Å². The summed E-state index contributed by atoms with van der Waals surface area (Å²) >= 11 is 1.20. The summed E-state index contributed by atoms with van der Waals surface area (Å²) in [6.45, 7) is 2.10. The Balaban J connectivity index is 2.07. The fraction of sp³-hybridized carbons (Fsp3) is 0.267. The summed E-state index contributed by atoms with van der Waals surface area (Å²) in [5.41, 5.74) is 1.82.